The minimum atomic E-state index is -4.02. The van der Waals surface area contributed by atoms with Crippen molar-refractivity contribution in [1.29, 1.82) is 0 Å². The minimum Gasteiger partial charge on any atom is -0.348 e. The normalized spacial score (nSPS) is 12.3. The fourth-order valence-electron chi connectivity index (χ4n) is 3.08. The monoisotopic (exact) mass is 460 g/mol. The number of nitrogens with zero attached hydrogens (tertiary/aromatic N) is 1. The lowest BCUT2D eigenvalue weighted by molar-refractivity contribution is -0.120. The molecular formula is C23H22ClFN2O3S. The van der Waals surface area contributed by atoms with Crippen LogP contribution in [0.2, 0.25) is 5.02 Å². The lowest BCUT2D eigenvalue weighted by atomic mass is 10.1. The summed E-state index contributed by atoms with van der Waals surface area (Å²) in [4.78, 5) is 12.8. The molecule has 1 amide bonds. The molecule has 0 fully saturated rings. The number of halogens is 2. The Balaban J connectivity index is 1.89. The van der Waals surface area contributed by atoms with Crippen LogP contribution in [0.3, 0.4) is 0 Å². The number of carbonyl (C=O) groups is 1. The lowest BCUT2D eigenvalue weighted by Gasteiger charge is -2.25. The maximum absolute atomic E-state index is 13.3. The topological polar surface area (TPSA) is 66.5 Å². The molecule has 0 saturated heterocycles. The van der Waals surface area contributed by atoms with Gasteiger partial charge in [0.25, 0.3) is 10.0 Å². The number of nitrogens with one attached hydrogen (secondary N) is 1. The van der Waals surface area contributed by atoms with E-state index in [0.717, 1.165) is 9.87 Å². The van der Waals surface area contributed by atoms with Gasteiger partial charge >= 0.3 is 0 Å². The molecule has 3 rings (SSSR count). The Labute approximate surface area is 186 Å². The van der Waals surface area contributed by atoms with Crippen LogP contribution in [0.4, 0.5) is 10.1 Å². The highest BCUT2D eigenvalue weighted by atomic mass is 35.5. The number of aryl methyl sites for hydroxylation is 1. The summed E-state index contributed by atoms with van der Waals surface area (Å²) < 4.78 is 40.9. The predicted octanol–water partition coefficient (Wildman–Crippen LogP) is 4.86. The van der Waals surface area contributed by atoms with E-state index in [1.54, 1.807) is 37.3 Å². The van der Waals surface area contributed by atoms with Crippen LogP contribution in [0.25, 0.3) is 0 Å². The Kier molecular flexibility index (Phi) is 6.97. The number of hydrogen-bond acceptors (Lipinski definition) is 3. The standard InChI is InChI=1S/C23H22ClFN2O3S/c1-16-4-3-5-21(14-16)27(31(29,30)22-12-8-19(24)9-13-22)15-23(28)26-17(2)18-6-10-20(25)11-7-18/h3-14,17H,15H2,1-2H3,(H,26,28)/t17-/m0/s1. The molecule has 0 spiro atoms. The van der Waals surface area contributed by atoms with E-state index in [-0.39, 0.29) is 10.7 Å². The molecule has 0 aliphatic carbocycles. The zero-order valence-electron chi connectivity index (χ0n) is 17.0. The average Bonchev–Trinajstić information content (AvgIpc) is 2.72. The first-order valence-electron chi connectivity index (χ1n) is 9.56. The predicted molar refractivity (Wildman–Crippen MR) is 120 cm³/mol. The second-order valence-corrected chi connectivity index (χ2v) is 9.44. The number of benzene rings is 3. The van der Waals surface area contributed by atoms with Crippen LogP contribution in [-0.4, -0.2) is 20.9 Å². The SMILES string of the molecule is Cc1cccc(N(CC(=O)N[C@@H](C)c2ccc(F)cc2)S(=O)(=O)c2ccc(Cl)cc2)c1. The van der Waals surface area contributed by atoms with Crippen molar-refractivity contribution in [1.82, 2.24) is 5.32 Å². The summed E-state index contributed by atoms with van der Waals surface area (Å²) in [6.45, 7) is 3.17. The highest BCUT2D eigenvalue weighted by molar-refractivity contribution is 7.92. The van der Waals surface area contributed by atoms with Crippen molar-refractivity contribution in [2.45, 2.75) is 24.8 Å². The maximum atomic E-state index is 13.3. The average molecular weight is 461 g/mol. The fourth-order valence-corrected chi connectivity index (χ4v) is 4.62. The second-order valence-electron chi connectivity index (χ2n) is 7.15. The molecule has 5 nitrogen and oxygen atoms in total. The first-order chi connectivity index (χ1) is 14.7. The smallest absolute Gasteiger partial charge is 0.264 e. The third-order valence-electron chi connectivity index (χ3n) is 4.73. The maximum Gasteiger partial charge on any atom is 0.264 e. The van der Waals surface area contributed by atoms with Gasteiger partial charge in [-0.3, -0.25) is 9.10 Å². The van der Waals surface area contributed by atoms with Gasteiger partial charge in [0.15, 0.2) is 0 Å². The molecule has 0 aromatic heterocycles. The van der Waals surface area contributed by atoms with Crippen LogP contribution in [0.5, 0.6) is 0 Å². The van der Waals surface area contributed by atoms with Gasteiger partial charge in [-0.25, -0.2) is 12.8 Å². The van der Waals surface area contributed by atoms with Gasteiger partial charge in [-0.1, -0.05) is 35.9 Å². The molecule has 3 aromatic carbocycles. The fraction of sp³-hybridized carbons (Fsp3) is 0.174. The van der Waals surface area contributed by atoms with E-state index >= 15 is 0 Å². The number of hydrogen-bond donors (Lipinski definition) is 1. The van der Waals surface area contributed by atoms with Gasteiger partial charge in [-0.2, -0.15) is 0 Å². The molecule has 8 heteroatoms. The highest BCUT2D eigenvalue weighted by Gasteiger charge is 2.27. The number of carbonyl (C=O) groups excluding carboxylic acids is 1. The van der Waals surface area contributed by atoms with Gasteiger partial charge in [0, 0.05) is 5.02 Å². The number of sulfonamides is 1. The van der Waals surface area contributed by atoms with Crippen molar-refractivity contribution < 1.29 is 17.6 Å². The molecule has 1 N–H and O–H groups in total. The molecule has 0 saturated carbocycles. The van der Waals surface area contributed by atoms with Crippen molar-refractivity contribution >= 4 is 33.2 Å². The molecule has 0 heterocycles. The minimum absolute atomic E-state index is 0.0257. The van der Waals surface area contributed by atoms with Gasteiger partial charge in [0.2, 0.25) is 5.91 Å². The second kappa shape index (κ2) is 9.49. The van der Waals surface area contributed by atoms with Crippen molar-refractivity contribution in [3.05, 3.63) is 94.8 Å². The Hall–Kier alpha value is -2.90. The van der Waals surface area contributed by atoms with Crippen LogP contribution in [-0.2, 0) is 14.8 Å². The third-order valence-corrected chi connectivity index (χ3v) is 6.77. The van der Waals surface area contributed by atoms with E-state index in [1.165, 1.54) is 36.4 Å². The summed E-state index contributed by atoms with van der Waals surface area (Å²) in [6, 6.07) is 18.0. The number of anilines is 1. The molecular weight excluding hydrogens is 439 g/mol. The summed E-state index contributed by atoms with van der Waals surface area (Å²) in [5.41, 5.74) is 1.94. The van der Waals surface area contributed by atoms with Crippen LogP contribution >= 0.6 is 11.6 Å². The zero-order valence-corrected chi connectivity index (χ0v) is 18.6. The van der Waals surface area contributed by atoms with E-state index in [4.69, 9.17) is 11.6 Å². The third kappa shape index (κ3) is 5.62. The summed E-state index contributed by atoms with van der Waals surface area (Å²) >= 11 is 5.89. The lowest BCUT2D eigenvalue weighted by Crippen LogP contribution is -2.41. The molecule has 0 aliphatic rings. The van der Waals surface area contributed by atoms with E-state index in [1.807, 2.05) is 13.0 Å². The van der Waals surface area contributed by atoms with Gasteiger partial charge in [-0.15, -0.1) is 0 Å². The molecule has 31 heavy (non-hydrogen) atoms. The molecule has 0 bridgehead atoms. The Bertz CT molecular complexity index is 1170. The number of amides is 1. The molecule has 0 unspecified atom stereocenters. The molecule has 3 aromatic rings. The van der Waals surface area contributed by atoms with Crippen molar-refractivity contribution in [2.24, 2.45) is 0 Å². The zero-order chi connectivity index (χ0) is 22.6. The summed E-state index contributed by atoms with van der Waals surface area (Å²) in [5.74, 6) is -0.863. The quantitative estimate of drug-likeness (QED) is 0.547. The number of rotatable bonds is 7. The Morgan fingerprint density at radius 1 is 1.06 bits per heavy atom. The van der Waals surface area contributed by atoms with E-state index < -0.39 is 28.5 Å². The van der Waals surface area contributed by atoms with Crippen LogP contribution in [0.15, 0.2) is 77.7 Å². The summed E-state index contributed by atoms with van der Waals surface area (Å²) in [5, 5.41) is 3.18. The van der Waals surface area contributed by atoms with Gasteiger partial charge in [0.05, 0.1) is 16.6 Å². The first kappa shape index (κ1) is 22.8. The molecule has 0 radical (unpaired) electrons. The Morgan fingerprint density at radius 2 is 1.71 bits per heavy atom. The molecule has 162 valence electrons. The van der Waals surface area contributed by atoms with Gasteiger partial charge < -0.3 is 5.32 Å². The van der Waals surface area contributed by atoms with Crippen LogP contribution < -0.4 is 9.62 Å². The summed E-state index contributed by atoms with van der Waals surface area (Å²) in [7, 11) is -4.02. The van der Waals surface area contributed by atoms with Crippen LogP contribution in [0, 0.1) is 12.7 Å². The summed E-state index contributed by atoms with van der Waals surface area (Å²) in [6.07, 6.45) is 0. The molecule has 1 atom stereocenters. The van der Waals surface area contributed by atoms with Crippen molar-refractivity contribution in [3.63, 3.8) is 0 Å². The van der Waals surface area contributed by atoms with Gasteiger partial charge in [0.1, 0.15) is 12.4 Å². The Morgan fingerprint density at radius 3 is 2.32 bits per heavy atom. The van der Waals surface area contributed by atoms with E-state index in [0.29, 0.717) is 16.3 Å². The largest absolute Gasteiger partial charge is 0.348 e. The van der Waals surface area contributed by atoms with E-state index in [2.05, 4.69) is 5.32 Å². The van der Waals surface area contributed by atoms with Gasteiger partial charge in [-0.05, 0) is 73.5 Å². The van der Waals surface area contributed by atoms with E-state index in [9.17, 15) is 17.6 Å². The van der Waals surface area contributed by atoms with Crippen molar-refractivity contribution in [2.75, 3.05) is 10.8 Å². The molecule has 0 aliphatic heterocycles. The first-order valence-corrected chi connectivity index (χ1v) is 11.4. The van der Waals surface area contributed by atoms with Crippen molar-refractivity contribution in [3.8, 4) is 0 Å². The highest BCUT2D eigenvalue weighted by Crippen LogP contribution is 2.25. The van der Waals surface area contributed by atoms with Crippen LogP contribution in [0.1, 0.15) is 24.1 Å².